The third-order valence-corrected chi connectivity index (χ3v) is 7.26. The number of aromatic amines is 1. The quantitative estimate of drug-likeness (QED) is 0.449. The topological polar surface area (TPSA) is 123 Å². The van der Waals surface area contributed by atoms with Crippen molar-refractivity contribution in [2.75, 3.05) is 12.4 Å². The Morgan fingerprint density at radius 2 is 2.10 bits per heavy atom. The Morgan fingerprint density at radius 1 is 1.26 bits per heavy atom. The fourth-order valence-electron chi connectivity index (χ4n) is 5.40. The molecule has 4 atom stereocenters. The fourth-order valence-corrected chi connectivity index (χ4v) is 5.94. The summed E-state index contributed by atoms with van der Waals surface area (Å²) in [7, 11) is 1.50. The SMILES string of the molecule is COc1nsc(NC(=O)N[C@@H]2C[C@@H]3C[C@@H](n4cnc5cnc6[nH]ccc6c54)C[C@@H]3C2)n1. The summed E-state index contributed by atoms with van der Waals surface area (Å²) in [5.74, 6) is 1.22. The lowest BCUT2D eigenvalue weighted by atomic mass is 10.0. The van der Waals surface area contributed by atoms with Gasteiger partial charge in [0, 0.05) is 35.2 Å². The van der Waals surface area contributed by atoms with E-state index in [2.05, 4.69) is 45.6 Å². The highest BCUT2D eigenvalue weighted by atomic mass is 32.1. The molecule has 0 aliphatic heterocycles. The van der Waals surface area contributed by atoms with Gasteiger partial charge in [-0.2, -0.15) is 4.98 Å². The molecule has 11 heteroatoms. The highest BCUT2D eigenvalue weighted by molar-refractivity contribution is 7.10. The van der Waals surface area contributed by atoms with Gasteiger partial charge in [0.25, 0.3) is 0 Å². The fraction of sp³-hybridized carbons (Fsp3) is 0.450. The van der Waals surface area contributed by atoms with Gasteiger partial charge in [-0.15, -0.1) is 4.37 Å². The second-order valence-electron chi connectivity index (χ2n) is 8.38. The van der Waals surface area contributed by atoms with Gasteiger partial charge in [-0.1, -0.05) is 0 Å². The van der Waals surface area contributed by atoms with Crippen molar-refractivity contribution in [3.8, 4) is 6.01 Å². The van der Waals surface area contributed by atoms with Crippen LogP contribution in [0.1, 0.15) is 31.7 Å². The molecule has 4 heterocycles. The van der Waals surface area contributed by atoms with Crippen molar-refractivity contribution in [2.45, 2.75) is 37.8 Å². The van der Waals surface area contributed by atoms with Crippen LogP contribution in [-0.2, 0) is 0 Å². The van der Waals surface area contributed by atoms with E-state index in [1.165, 1.54) is 7.11 Å². The van der Waals surface area contributed by atoms with Crippen molar-refractivity contribution in [2.24, 2.45) is 11.8 Å². The van der Waals surface area contributed by atoms with E-state index >= 15 is 0 Å². The first-order chi connectivity index (χ1) is 15.2. The summed E-state index contributed by atoms with van der Waals surface area (Å²) in [6.45, 7) is 0. The summed E-state index contributed by atoms with van der Waals surface area (Å²) < 4.78 is 11.3. The van der Waals surface area contributed by atoms with Crippen LogP contribution >= 0.6 is 11.5 Å². The zero-order valence-corrected chi connectivity index (χ0v) is 17.7. The van der Waals surface area contributed by atoms with Crippen molar-refractivity contribution in [1.29, 1.82) is 0 Å². The van der Waals surface area contributed by atoms with E-state index in [9.17, 15) is 4.79 Å². The van der Waals surface area contributed by atoms with E-state index in [0.29, 0.717) is 23.0 Å². The van der Waals surface area contributed by atoms with Crippen molar-refractivity contribution in [3.05, 3.63) is 24.8 Å². The summed E-state index contributed by atoms with van der Waals surface area (Å²) in [6.07, 6.45) is 9.95. The molecular formula is C20H22N8O2S. The van der Waals surface area contributed by atoms with Crippen molar-refractivity contribution < 1.29 is 9.53 Å². The first-order valence-corrected chi connectivity index (χ1v) is 11.2. The van der Waals surface area contributed by atoms with Crippen LogP contribution in [0, 0.1) is 11.8 Å². The Labute approximate surface area is 181 Å². The summed E-state index contributed by atoms with van der Waals surface area (Å²) in [4.78, 5) is 28.6. The number of rotatable bonds is 4. The first-order valence-electron chi connectivity index (χ1n) is 10.4. The molecule has 3 N–H and O–H groups in total. The number of nitrogens with one attached hydrogen (secondary N) is 3. The van der Waals surface area contributed by atoms with Crippen molar-refractivity contribution in [3.63, 3.8) is 0 Å². The predicted molar refractivity (Wildman–Crippen MR) is 116 cm³/mol. The molecule has 0 aromatic carbocycles. The molecule has 2 fully saturated rings. The number of hydrogen-bond acceptors (Lipinski definition) is 7. The predicted octanol–water partition coefficient (Wildman–Crippen LogP) is 3.32. The number of methoxy groups -OCH3 is 1. The number of carbonyl (C=O) groups is 1. The number of pyridine rings is 1. The average Bonchev–Trinajstić information content (AvgIpc) is 3.53. The number of ether oxygens (including phenoxy) is 1. The molecule has 2 aliphatic rings. The van der Waals surface area contributed by atoms with E-state index in [1.54, 1.807) is 0 Å². The number of carbonyl (C=O) groups excluding carboxylic acids is 1. The molecule has 4 aromatic heterocycles. The molecule has 10 nitrogen and oxygen atoms in total. The van der Waals surface area contributed by atoms with E-state index in [-0.39, 0.29) is 18.1 Å². The van der Waals surface area contributed by atoms with Crippen LogP contribution in [0.25, 0.3) is 22.1 Å². The average molecular weight is 439 g/mol. The molecular weight excluding hydrogens is 416 g/mol. The maximum absolute atomic E-state index is 12.3. The lowest BCUT2D eigenvalue weighted by Crippen LogP contribution is -2.36. The van der Waals surface area contributed by atoms with Crippen molar-refractivity contribution in [1.82, 2.24) is 34.2 Å². The number of hydrogen-bond donors (Lipinski definition) is 3. The first kappa shape index (κ1) is 18.6. The Bertz CT molecular complexity index is 1250. The lowest BCUT2D eigenvalue weighted by Gasteiger charge is -2.18. The molecule has 0 radical (unpaired) electrons. The van der Waals surface area contributed by atoms with Gasteiger partial charge in [0.2, 0.25) is 5.13 Å². The number of H-pyrrole nitrogens is 1. The standard InChI is InChI=1S/C20H22N8O2S/c1-30-19-26-20(31-27-19)25-18(29)24-12-4-10-6-13(7-11(10)5-12)28-9-23-15-8-22-17-14(16(15)28)2-3-21-17/h2-3,8-13H,4-7H2,1H3,(H,21,22)(H2,24,25,26,27,29)/t10-,11+,12-,13-. The third-order valence-electron chi connectivity index (χ3n) is 6.65. The summed E-state index contributed by atoms with van der Waals surface area (Å²) in [6, 6.07) is 2.73. The zero-order valence-electron chi connectivity index (χ0n) is 16.9. The van der Waals surface area contributed by atoms with E-state index in [0.717, 1.165) is 59.3 Å². The number of imidazole rings is 1. The molecule has 31 heavy (non-hydrogen) atoms. The molecule has 2 aliphatic carbocycles. The molecule has 0 unspecified atom stereocenters. The molecule has 160 valence electrons. The Hall–Kier alpha value is -3.21. The van der Waals surface area contributed by atoms with Gasteiger partial charge < -0.3 is 19.6 Å². The van der Waals surface area contributed by atoms with E-state index in [1.807, 2.05) is 18.7 Å². The van der Waals surface area contributed by atoms with Crippen LogP contribution in [0.2, 0.25) is 0 Å². The highest BCUT2D eigenvalue weighted by Gasteiger charge is 2.43. The van der Waals surface area contributed by atoms with Crippen molar-refractivity contribution >= 4 is 44.8 Å². The van der Waals surface area contributed by atoms with Gasteiger partial charge in [0.1, 0.15) is 11.2 Å². The number of anilines is 1. The van der Waals surface area contributed by atoms with Crippen LogP contribution < -0.4 is 15.4 Å². The third kappa shape index (κ3) is 3.19. The molecule has 2 amide bonds. The van der Waals surface area contributed by atoms with E-state index in [4.69, 9.17) is 4.74 Å². The van der Waals surface area contributed by atoms with Gasteiger partial charge >= 0.3 is 12.0 Å². The molecule has 2 saturated carbocycles. The molecule has 6 rings (SSSR count). The number of fused-ring (bicyclic) bond motifs is 4. The Balaban J connectivity index is 1.11. The number of aromatic nitrogens is 6. The van der Waals surface area contributed by atoms with Crippen LogP contribution in [0.15, 0.2) is 24.8 Å². The van der Waals surface area contributed by atoms with Gasteiger partial charge in [-0.25, -0.2) is 14.8 Å². The van der Waals surface area contributed by atoms with Crippen LogP contribution in [0.4, 0.5) is 9.93 Å². The normalized spacial score (nSPS) is 25.2. The number of amides is 2. The van der Waals surface area contributed by atoms with Gasteiger partial charge in [-0.3, -0.25) is 5.32 Å². The summed E-state index contributed by atoms with van der Waals surface area (Å²) in [5, 5.41) is 7.41. The molecule has 4 aromatic rings. The minimum atomic E-state index is -0.233. The van der Waals surface area contributed by atoms with Gasteiger partial charge in [0.05, 0.1) is 25.2 Å². The zero-order chi connectivity index (χ0) is 20.9. The molecule has 0 spiro atoms. The second-order valence-corrected chi connectivity index (χ2v) is 9.13. The van der Waals surface area contributed by atoms with Crippen LogP contribution in [-0.4, -0.2) is 48.1 Å². The lowest BCUT2D eigenvalue weighted by molar-refractivity contribution is 0.247. The molecule has 0 saturated heterocycles. The van der Waals surface area contributed by atoms with Gasteiger partial charge in [0.15, 0.2) is 0 Å². The minimum absolute atomic E-state index is 0.186. The maximum atomic E-state index is 12.3. The Kier molecular flexibility index (Phi) is 4.30. The maximum Gasteiger partial charge on any atom is 0.329 e. The van der Waals surface area contributed by atoms with Crippen LogP contribution in [0.5, 0.6) is 6.01 Å². The van der Waals surface area contributed by atoms with E-state index < -0.39 is 0 Å². The summed E-state index contributed by atoms with van der Waals surface area (Å²) >= 11 is 1.10. The molecule has 0 bridgehead atoms. The highest BCUT2D eigenvalue weighted by Crippen LogP contribution is 2.49. The van der Waals surface area contributed by atoms with Crippen LogP contribution in [0.3, 0.4) is 0 Å². The minimum Gasteiger partial charge on any atom is -0.466 e. The summed E-state index contributed by atoms with van der Waals surface area (Å²) in [5.41, 5.74) is 3.00. The largest absolute Gasteiger partial charge is 0.466 e. The number of nitrogens with zero attached hydrogens (tertiary/aromatic N) is 5. The Morgan fingerprint density at radius 3 is 2.87 bits per heavy atom. The van der Waals surface area contributed by atoms with Gasteiger partial charge in [-0.05, 0) is 43.6 Å². The number of urea groups is 1. The monoisotopic (exact) mass is 438 g/mol. The second kappa shape index (κ2) is 7.19. The smallest absolute Gasteiger partial charge is 0.329 e.